The first-order valence-electron chi connectivity index (χ1n) is 8.63. The molecule has 0 heterocycles. The van der Waals surface area contributed by atoms with E-state index in [4.69, 9.17) is 9.84 Å². The summed E-state index contributed by atoms with van der Waals surface area (Å²) in [5.41, 5.74) is 0.575. The second-order valence-corrected chi connectivity index (χ2v) is 5.98. The van der Waals surface area contributed by atoms with E-state index >= 15 is 0 Å². The minimum atomic E-state index is -1.06. The van der Waals surface area contributed by atoms with Gasteiger partial charge >= 0.3 is 5.97 Å². The van der Waals surface area contributed by atoms with Gasteiger partial charge in [0, 0.05) is 24.6 Å². The Labute approximate surface area is 156 Å². The number of hydrogen-bond donors (Lipinski definition) is 2. The van der Waals surface area contributed by atoms with Crippen LogP contribution in [0.3, 0.4) is 0 Å². The van der Waals surface area contributed by atoms with E-state index in [-0.39, 0.29) is 12.2 Å². The van der Waals surface area contributed by atoms with Gasteiger partial charge in [0.2, 0.25) is 6.10 Å². The van der Waals surface area contributed by atoms with Crippen LogP contribution in [0, 0.1) is 11.6 Å². The fourth-order valence-corrected chi connectivity index (χ4v) is 2.47. The summed E-state index contributed by atoms with van der Waals surface area (Å²) in [6.07, 6.45) is 0.923. The number of rotatable bonds is 10. The molecule has 5 nitrogen and oxygen atoms in total. The van der Waals surface area contributed by atoms with E-state index in [1.165, 1.54) is 6.07 Å². The molecule has 2 aromatic carbocycles. The maximum atomic E-state index is 13.4. The number of unbranched alkanes of at least 4 members (excludes halogenated alkanes) is 2. The van der Waals surface area contributed by atoms with Crippen molar-refractivity contribution < 1.29 is 28.2 Å². The van der Waals surface area contributed by atoms with Crippen LogP contribution in [0.4, 0.5) is 8.78 Å². The first-order chi connectivity index (χ1) is 13.0. The third kappa shape index (κ3) is 6.69. The van der Waals surface area contributed by atoms with Gasteiger partial charge < -0.3 is 15.2 Å². The van der Waals surface area contributed by atoms with E-state index in [1.807, 2.05) is 0 Å². The van der Waals surface area contributed by atoms with Gasteiger partial charge in [-0.3, -0.25) is 9.59 Å². The van der Waals surface area contributed by atoms with E-state index in [0.717, 1.165) is 12.1 Å². The average molecular weight is 377 g/mol. The molecule has 2 rings (SSSR count). The van der Waals surface area contributed by atoms with E-state index < -0.39 is 29.6 Å². The number of carbonyl (C=O) groups excluding carboxylic acids is 1. The Kier molecular flexibility index (Phi) is 7.73. The summed E-state index contributed by atoms with van der Waals surface area (Å²) >= 11 is 0. The molecule has 7 heteroatoms. The fraction of sp³-hybridized carbons (Fsp3) is 0.300. The third-order valence-electron chi connectivity index (χ3n) is 3.85. The van der Waals surface area contributed by atoms with Crippen LogP contribution in [0.15, 0.2) is 48.5 Å². The molecule has 27 heavy (non-hydrogen) atoms. The molecule has 0 aromatic heterocycles. The first kappa shape index (κ1) is 20.4. The number of ether oxygens (including phenoxy) is 1. The Hall–Kier alpha value is -2.96. The van der Waals surface area contributed by atoms with Gasteiger partial charge in [-0.1, -0.05) is 36.8 Å². The van der Waals surface area contributed by atoms with E-state index in [2.05, 4.69) is 5.32 Å². The summed E-state index contributed by atoms with van der Waals surface area (Å²) < 4.78 is 32.1. The molecule has 1 atom stereocenters. The average Bonchev–Trinajstić information content (AvgIpc) is 2.65. The normalized spacial score (nSPS) is 11.6. The van der Waals surface area contributed by atoms with Gasteiger partial charge in [0.25, 0.3) is 5.91 Å². The van der Waals surface area contributed by atoms with Gasteiger partial charge in [0.15, 0.2) is 11.6 Å². The lowest BCUT2D eigenvalue weighted by atomic mass is 10.1. The van der Waals surface area contributed by atoms with Crippen LogP contribution in [0.1, 0.15) is 37.4 Å². The lowest BCUT2D eigenvalue weighted by Crippen LogP contribution is -2.33. The van der Waals surface area contributed by atoms with Crippen molar-refractivity contribution in [3.8, 4) is 5.75 Å². The van der Waals surface area contributed by atoms with Gasteiger partial charge in [-0.2, -0.15) is 0 Å². The van der Waals surface area contributed by atoms with Gasteiger partial charge in [0.05, 0.1) is 0 Å². The highest BCUT2D eigenvalue weighted by Gasteiger charge is 2.22. The van der Waals surface area contributed by atoms with Crippen LogP contribution in [0.25, 0.3) is 0 Å². The zero-order valence-electron chi connectivity index (χ0n) is 14.7. The Morgan fingerprint density at radius 1 is 1.00 bits per heavy atom. The van der Waals surface area contributed by atoms with Crippen LogP contribution in [-0.2, 0) is 9.59 Å². The second-order valence-electron chi connectivity index (χ2n) is 5.98. The highest BCUT2D eigenvalue weighted by Crippen LogP contribution is 2.24. The molecule has 0 saturated heterocycles. The molecule has 0 spiro atoms. The van der Waals surface area contributed by atoms with E-state index in [0.29, 0.717) is 31.4 Å². The summed E-state index contributed by atoms with van der Waals surface area (Å²) in [7, 11) is 0. The van der Waals surface area contributed by atoms with Gasteiger partial charge in [-0.15, -0.1) is 0 Å². The predicted octanol–water partition coefficient (Wildman–Crippen LogP) is 3.85. The number of carboxylic acid groups (broad SMARTS) is 1. The van der Waals surface area contributed by atoms with Crippen LogP contribution >= 0.6 is 0 Å². The molecular weight excluding hydrogens is 356 g/mol. The molecule has 0 saturated carbocycles. The van der Waals surface area contributed by atoms with Crippen LogP contribution in [0.5, 0.6) is 5.75 Å². The summed E-state index contributed by atoms with van der Waals surface area (Å²) in [5, 5.41) is 11.3. The summed E-state index contributed by atoms with van der Waals surface area (Å²) in [6.45, 7) is 0.364. The number of aliphatic carboxylic acids is 1. The molecular formula is C20H21F2NO4. The van der Waals surface area contributed by atoms with E-state index in [9.17, 15) is 18.4 Å². The SMILES string of the molecule is O=C(O)CCCCCNC(=O)C(Oc1ccc(F)c(F)c1)c1ccccc1. The molecule has 0 fully saturated rings. The monoisotopic (exact) mass is 377 g/mol. The van der Waals surface area contributed by atoms with Crippen LogP contribution in [0.2, 0.25) is 0 Å². The molecule has 0 aliphatic rings. The topological polar surface area (TPSA) is 75.6 Å². The van der Waals surface area contributed by atoms with Crippen molar-refractivity contribution in [3.63, 3.8) is 0 Å². The number of nitrogens with one attached hydrogen (secondary N) is 1. The van der Waals surface area contributed by atoms with Gasteiger partial charge in [0.1, 0.15) is 5.75 Å². The third-order valence-corrected chi connectivity index (χ3v) is 3.85. The largest absolute Gasteiger partial charge is 0.481 e. The van der Waals surface area contributed by atoms with E-state index in [1.54, 1.807) is 30.3 Å². The van der Waals surface area contributed by atoms with Crippen molar-refractivity contribution in [2.45, 2.75) is 31.8 Å². The maximum absolute atomic E-state index is 13.4. The highest BCUT2D eigenvalue weighted by molar-refractivity contribution is 5.82. The smallest absolute Gasteiger partial charge is 0.303 e. The first-order valence-corrected chi connectivity index (χ1v) is 8.63. The Morgan fingerprint density at radius 3 is 2.41 bits per heavy atom. The zero-order valence-corrected chi connectivity index (χ0v) is 14.7. The standard InChI is InChI=1S/C20H21F2NO4/c21-16-11-10-15(13-17(16)22)27-19(14-7-3-1-4-8-14)20(26)23-12-6-2-5-9-18(24)25/h1,3-4,7-8,10-11,13,19H,2,5-6,9,12H2,(H,23,26)(H,24,25). The zero-order chi connectivity index (χ0) is 19.6. The minimum absolute atomic E-state index is 0.0411. The number of amides is 1. The fourth-order valence-electron chi connectivity index (χ4n) is 2.47. The second kappa shape index (κ2) is 10.3. The summed E-state index contributed by atoms with van der Waals surface area (Å²) in [5.74, 6) is -3.27. The van der Waals surface area contributed by atoms with Crippen molar-refractivity contribution in [2.24, 2.45) is 0 Å². The van der Waals surface area contributed by atoms with Crippen LogP contribution in [-0.4, -0.2) is 23.5 Å². The highest BCUT2D eigenvalue weighted by atomic mass is 19.2. The van der Waals surface area contributed by atoms with Crippen LogP contribution < -0.4 is 10.1 Å². The predicted molar refractivity (Wildman–Crippen MR) is 95.3 cm³/mol. The molecule has 144 valence electrons. The molecule has 2 aromatic rings. The van der Waals surface area contributed by atoms with Gasteiger partial charge in [-0.05, 0) is 25.0 Å². The molecule has 0 radical (unpaired) electrons. The lowest BCUT2D eigenvalue weighted by Gasteiger charge is -2.19. The van der Waals surface area contributed by atoms with Crippen molar-refractivity contribution in [3.05, 3.63) is 65.7 Å². The minimum Gasteiger partial charge on any atom is -0.481 e. The molecule has 0 aliphatic carbocycles. The summed E-state index contributed by atoms with van der Waals surface area (Å²) in [6, 6.07) is 11.8. The Bertz CT molecular complexity index is 768. The Morgan fingerprint density at radius 2 is 1.74 bits per heavy atom. The number of carbonyl (C=O) groups is 2. The maximum Gasteiger partial charge on any atom is 0.303 e. The molecule has 0 aliphatic heterocycles. The van der Waals surface area contributed by atoms with Crippen molar-refractivity contribution in [1.82, 2.24) is 5.32 Å². The van der Waals surface area contributed by atoms with Crippen molar-refractivity contribution in [2.75, 3.05) is 6.54 Å². The number of carboxylic acids is 1. The molecule has 1 amide bonds. The number of hydrogen-bond acceptors (Lipinski definition) is 3. The summed E-state index contributed by atoms with van der Waals surface area (Å²) in [4.78, 5) is 23.0. The quantitative estimate of drug-likeness (QED) is 0.617. The molecule has 2 N–H and O–H groups in total. The van der Waals surface area contributed by atoms with Crippen molar-refractivity contribution >= 4 is 11.9 Å². The Balaban J connectivity index is 1.99. The molecule has 0 bridgehead atoms. The van der Waals surface area contributed by atoms with Gasteiger partial charge in [-0.25, -0.2) is 8.78 Å². The van der Waals surface area contributed by atoms with Crippen molar-refractivity contribution in [1.29, 1.82) is 0 Å². The number of halogens is 2. The molecule has 1 unspecified atom stereocenters. The number of benzene rings is 2. The lowest BCUT2D eigenvalue weighted by molar-refractivity contribution is -0.137.